The quantitative estimate of drug-likeness (QED) is 0.607. The molecule has 0 saturated heterocycles. The number of pyridine rings is 1. The second kappa shape index (κ2) is 7.59. The molecule has 4 nitrogen and oxygen atoms in total. The van der Waals surface area contributed by atoms with E-state index >= 15 is 0 Å². The average Bonchev–Trinajstić information content (AvgIpc) is 2.87. The van der Waals surface area contributed by atoms with Gasteiger partial charge in [-0.3, -0.25) is 4.98 Å². The number of rotatable bonds is 6. The normalized spacial score (nSPS) is 11.3. The van der Waals surface area contributed by atoms with Crippen molar-refractivity contribution >= 4 is 12.0 Å². The molecule has 22 heavy (non-hydrogen) atoms. The first-order valence-electron chi connectivity index (χ1n) is 7.43. The molecule has 2 aromatic heterocycles. The van der Waals surface area contributed by atoms with Crippen LogP contribution in [-0.4, -0.2) is 22.6 Å². The van der Waals surface area contributed by atoms with Crippen LogP contribution >= 0.6 is 0 Å². The minimum atomic E-state index is -0.342. The second-order valence-electron chi connectivity index (χ2n) is 5.65. The van der Waals surface area contributed by atoms with Crippen LogP contribution in [0, 0.1) is 5.92 Å². The standard InChI is InChI=1S/C18H22N2O2/c1-14(2)13-20-16(8-9-18(21)22-3)6-7-17(20)11-15-5-4-10-19-12-15/h4-10,12,14H,11,13H2,1-3H3/b9-8+. The Balaban J connectivity index is 2.27. The van der Waals surface area contributed by atoms with E-state index in [0.717, 1.165) is 18.7 Å². The van der Waals surface area contributed by atoms with E-state index in [4.69, 9.17) is 0 Å². The summed E-state index contributed by atoms with van der Waals surface area (Å²) in [6.45, 7) is 5.27. The fourth-order valence-electron chi connectivity index (χ4n) is 2.35. The minimum absolute atomic E-state index is 0.342. The summed E-state index contributed by atoms with van der Waals surface area (Å²) in [7, 11) is 1.38. The Hall–Kier alpha value is -2.36. The number of carbonyl (C=O) groups excluding carboxylic acids is 1. The molecule has 4 heteroatoms. The molecule has 0 bridgehead atoms. The van der Waals surface area contributed by atoms with Gasteiger partial charge < -0.3 is 9.30 Å². The molecule has 0 aliphatic carbocycles. The van der Waals surface area contributed by atoms with Gasteiger partial charge in [-0.1, -0.05) is 19.9 Å². The first kappa shape index (κ1) is 16.0. The Morgan fingerprint density at radius 1 is 1.36 bits per heavy atom. The largest absolute Gasteiger partial charge is 0.466 e. The van der Waals surface area contributed by atoms with Crippen molar-refractivity contribution in [2.45, 2.75) is 26.8 Å². The molecule has 2 heterocycles. The van der Waals surface area contributed by atoms with Crippen LogP contribution in [-0.2, 0) is 22.5 Å². The number of hydrogen-bond donors (Lipinski definition) is 0. The lowest BCUT2D eigenvalue weighted by molar-refractivity contribution is -0.134. The average molecular weight is 298 g/mol. The third kappa shape index (κ3) is 4.32. The van der Waals surface area contributed by atoms with E-state index in [-0.39, 0.29) is 5.97 Å². The number of hydrogen-bond acceptors (Lipinski definition) is 3. The SMILES string of the molecule is COC(=O)/C=C/c1ccc(Cc2cccnc2)n1CC(C)C. The van der Waals surface area contributed by atoms with Crippen molar-refractivity contribution in [1.29, 1.82) is 0 Å². The van der Waals surface area contributed by atoms with Gasteiger partial charge in [-0.2, -0.15) is 0 Å². The number of carbonyl (C=O) groups is 1. The maximum atomic E-state index is 11.3. The molecule has 0 saturated carbocycles. The highest BCUT2D eigenvalue weighted by molar-refractivity contribution is 5.86. The Morgan fingerprint density at radius 2 is 2.18 bits per heavy atom. The van der Waals surface area contributed by atoms with Gasteiger partial charge in [0.2, 0.25) is 0 Å². The summed E-state index contributed by atoms with van der Waals surface area (Å²) in [6.07, 6.45) is 7.76. The molecule has 0 aliphatic rings. The monoisotopic (exact) mass is 298 g/mol. The van der Waals surface area contributed by atoms with Crippen molar-refractivity contribution in [1.82, 2.24) is 9.55 Å². The number of methoxy groups -OCH3 is 1. The Bertz CT molecular complexity index is 642. The number of esters is 1. The lowest BCUT2D eigenvalue weighted by atomic mass is 10.1. The smallest absolute Gasteiger partial charge is 0.330 e. The van der Waals surface area contributed by atoms with Crippen LogP contribution in [0.15, 0.2) is 42.7 Å². The van der Waals surface area contributed by atoms with E-state index < -0.39 is 0 Å². The van der Waals surface area contributed by atoms with E-state index in [0.29, 0.717) is 5.92 Å². The molecule has 0 atom stereocenters. The highest BCUT2D eigenvalue weighted by Crippen LogP contribution is 2.17. The summed E-state index contributed by atoms with van der Waals surface area (Å²) in [6, 6.07) is 8.16. The Morgan fingerprint density at radius 3 is 2.82 bits per heavy atom. The number of nitrogens with zero attached hydrogens (tertiary/aromatic N) is 2. The summed E-state index contributed by atoms with van der Waals surface area (Å²) in [5.74, 6) is 0.177. The number of aromatic nitrogens is 2. The van der Waals surface area contributed by atoms with Crippen molar-refractivity contribution in [3.63, 3.8) is 0 Å². The zero-order valence-corrected chi connectivity index (χ0v) is 13.3. The molecular formula is C18H22N2O2. The molecule has 0 radical (unpaired) electrons. The van der Waals surface area contributed by atoms with Gasteiger partial charge in [0, 0.05) is 42.8 Å². The first-order valence-corrected chi connectivity index (χ1v) is 7.43. The molecule has 2 rings (SSSR count). The molecule has 0 aliphatic heterocycles. The van der Waals surface area contributed by atoms with Crippen molar-refractivity contribution < 1.29 is 9.53 Å². The fourth-order valence-corrected chi connectivity index (χ4v) is 2.35. The van der Waals surface area contributed by atoms with Gasteiger partial charge in [-0.05, 0) is 35.8 Å². The van der Waals surface area contributed by atoms with E-state index in [2.05, 4.69) is 40.3 Å². The predicted molar refractivity (Wildman–Crippen MR) is 87.4 cm³/mol. The highest BCUT2D eigenvalue weighted by atomic mass is 16.5. The fraction of sp³-hybridized carbons (Fsp3) is 0.333. The third-order valence-electron chi connectivity index (χ3n) is 3.35. The molecule has 0 spiro atoms. The third-order valence-corrected chi connectivity index (χ3v) is 3.35. The topological polar surface area (TPSA) is 44.1 Å². The summed E-state index contributed by atoms with van der Waals surface area (Å²) in [5.41, 5.74) is 3.40. The Labute approximate surface area is 131 Å². The Kier molecular flexibility index (Phi) is 5.53. The van der Waals surface area contributed by atoms with E-state index in [9.17, 15) is 4.79 Å². The van der Waals surface area contributed by atoms with Gasteiger partial charge >= 0.3 is 5.97 Å². The van der Waals surface area contributed by atoms with Crippen molar-refractivity contribution in [2.75, 3.05) is 7.11 Å². The van der Waals surface area contributed by atoms with Gasteiger partial charge in [0.05, 0.1) is 7.11 Å². The van der Waals surface area contributed by atoms with Crippen LogP contribution in [0.4, 0.5) is 0 Å². The van der Waals surface area contributed by atoms with Crippen LogP contribution in [0.2, 0.25) is 0 Å². The summed E-state index contributed by atoms with van der Waals surface area (Å²) in [5, 5.41) is 0. The molecule has 0 fully saturated rings. The number of ether oxygens (including phenoxy) is 1. The van der Waals surface area contributed by atoms with Crippen LogP contribution in [0.1, 0.15) is 30.8 Å². The predicted octanol–water partition coefficient (Wildman–Crippen LogP) is 3.32. The lowest BCUT2D eigenvalue weighted by Gasteiger charge is -2.14. The van der Waals surface area contributed by atoms with Crippen LogP contribution < -0.4 is 0 Å². The molecule has 0 N–H and O–H groups in total. The summed E-state index contributed by atoms with van der Waals surface area (Å²) in [4.78, 5) is 15.5. The van der Waals surface area contributed by atoms with Gasteiger partial charge in [-0.25, -0.2) is 4.79 Å². The van der Waals surface area contributed by atoms with Crippen molar-refractivity contribution in [2.24, 2.45) is 5.92 Å². The first-order chi connectivity index (χ1) is 10.6. The van der Waals surface area contributed by atoms with E-state index in [1.165, 1.54) is 24.4 Å². The van der Waals surface area contributed by atoms with Gasteiger partial charge in [0.25, 0.3) is 0 Å². The highest BCUT2D eigenvalue weighted by Gasteiger charge is 2.09. The van der Waals surface area contributed by atoms with Crippen LogP contribution in [0.3, 0.4) is 0 Å². The maximum absolute atomic E-state index is 11.3. The van der Waals surface area contributed by atoms with Gasteiger partial charge in [-0.15, -0.1) is 0 Å². The minimum Gasteiger partial charge on any atom is -0.466 e. The van der Waals surface area contributed by atoms with Gasteiger partial charge in [0.15, 0.2) is 0 Å². The lowest BCUT2D eigenvalue weighted by Crippen LogP contribution is -2.10. The van der Waals surface area contributed by atoms with Crippen LogP contribution in [0.25, 0.3) is 6.08 Å². The molecule has 0 unspecified atom stereocenters. The summed E-state index contributed by atoms with van der Waals surface area (Å²) < 4.78 is 6.90. The molecular weight excluding hydrogens is 276 g/mol. The second-order valence-corrected chi connectivity index (χ2v) is 5.65. The van der Waals surface area contributed by atoms with Crippen molar-refractivity contribution in [3.05, 3.63) is 59.7 Å². The van der Waals surface area contributed by atoms with E-state index in [1.54, 1.807) is 12.3 Å². The van der Waals surface area contributed by atoms with Gasteiger partial charge in [0.1, 0.15) is 0 Å². The summed E-state index contributed by atoms with van der Waals surface area (Å²) >= 11 is 0. The zero-order valence-electron chi connectivity index (χ0n) is 13.3. The van der Waals surface area contributed by atoms with Crippen molar-refractivity contribution in [3.8, 4) is 0 Å². The molecule has 0 aromatic carbocycles. The maximum Gasteiger partial charge on any atom is 0.330 e. The van der Waals surface area contributed by atoms with Crippen LogP contribution in [0.5, 0.6) is 0 Å². The zero-order chi connectivity index (χ0) is 15.9. The molecule has 2 aromatic rings. The molecule has 116 valence electrons. The van der Waals surface area contributed by atoms with E-state index in [1.807, 2.05) is 18.3 Å². The molecule has 0 amide bonds.